The SMILES string of the molecule is CS(=O)(=O)c1ccc(-n2cc(Cl)c(-c3ccc(Cl)cc3)n2)cc1. The van der Waals surface area contributed by atoms with Crippen molar-refractivity contribution in [2.45, 2.75) is 4.90 Å². The predicted molar refractivity (Wildman–Crippen MR) is 92.1 cm³/mol. The van der Waals surface area contributed by atoms with E-state index in [2.05, 4.69) is 5.10 Å². The number of aromatic nitrogens is 2. The molecule has 0 aliphatic carbocycles. The first-order chi connectivity index (χ1) is 10.8. The first kappa shape index (κ1) is 16.1. The highest BCUT2D eigenvalue weighted by atomic mass is 35.5. The summed E-state index contributed by atoms with van der Waals surface area (Å²) >= 11 is 12.1. The molecule has 3 rings (SSSR count). The second-order valence-corrected chi connectivity index (χ2v) is 7.90. The molecule has 0 radical (unpaired) electrons. The molecule has 1 heterocycles. The van der Waals surface area contributed by atoms with Gasteiger partial charge in [0.25, 0.3) is 0 Å². The van der Waals surface area contributed by atoms with Crippen LogP contribution in [0.25, 0.3) is 16.9 Å². The second kappa shape index (κ2) is 6.00. The first-order valence-corrected chi connectivity index (χ1v) is 9.31. The fourth-order valence-corrected chi connectivity index (χ4v) is 3.13. The average Bonchev–Trinajstić information content (AvgIpc) is 2.89. The molecule has 0 N–H and O–H groups in total. The fourth-order valence-electron chi connectivity index (χ4n) is 2.13. The van der Waals surface area contributed by atoms with Crippen LogP contribution in [-0.4, -0.2) is 24.5 Å². The molecule has 0 spiro atoms. The first-order valence-electron chi connectivity index (χ1n) is 6.66. The summed E-state index contributed by atoms with van der Waals surface area (Å²) in [5.74, 6) is 0. The van der Waals surface area contributed by atoms with Gasteiger partial charge in [-0.2, -0.15) is 5.10 Å². The fraction of sp³-hybridized carbons (Fsp3) is 0.0625. The average molecular weight is 367 g/mol. The van der Waals surface area contributed by atoms with Crippen LogP contribution in [0.1, 0.15) is 0 Å². The summed E-state index contributed by atoms with van der Waals surface area (Å²) in [5.41, 5.74) is 2.21. The molecule has 0 unspecified atom stereocenters. The molecule has 0 aliphatic heterocycles. The third-order valence-corrected chi connectivity index (χ3v) is 4.97. The van der Waals surface area contributed by atoms with Crippen LogP contribution >= 0.6 is 23.2 Å². The van der Waals surface area contributed by atoms with Gasteiger partial charge in [-0.1, -0.05) is 35.3 Å². The molecular formula is C16H12Cl2N2O2S. The zero-order valence-corrected chi connectivity index (χ0v) is 14.4. The van der Waals surface area contributed by atoms with Crippen molar-refractivity contribution in [2.75, 3.05) is 6.26 Å². The highest BCUT2D eigenvalue weighted by Gasteiger charge is 2.12. The summed E-state index contributed by atoms with van der Waals surface area (Å²) in [4.78, 5) is 0.262. The smallest absolute Gasteiger partial charge is 0.175 e. The van der Waals surface area contributed by atoms with E-state index in [1.165, 1.54) is 6.26 Å². The highest BCUT2D eigenvalue weighted by Crippen LogP contribution is 2.28. The van der Waals surface area contributed by atoms with Crippen LogP contribution in [0.5, 0.6) is 0 Å². The van der Waals surface area contributed by atoms with Crippen molar-refractivity contribution in [3.05, 3.63) is 64.8 Å². The molecular weight excluding hydrogens is 355 g/mol. The third-order valence-electron chi connectivity index (χ3n) is 3.32. The van der Waals surface area contributed by atoms with Gasteiger partial charge in [0.15, 0.2) is 9.84 Å². The van der Waals surface area contributed by atoms with E-state index in [-0.39, 0.29) is 4.90 Å². The molecule has 0 atom stereocenters. The minimum absolute atomic E-state index is 0.262. The topological polar surface area (TPSA) is 52.0 Å². The lowest BCUT2D eigenvalue weighted by Crippen LogP contribution is -1.99. The minimum Gasteiger partial charge on any atom is -0.239 e. The van der Waals surface area contributed by atoms with Crippen LogP contribution in [0.2, 0.25) is 10.0 Å². The van der Waals surface area contributed by atoms with E-state index >= 15 is 0 Å². The van der Waals surface area contributed by atoms with Crippen molar-refractivity contribution in [1.82, 2.24) is 9.78 Å². The van der Waals surface area contributed by atoms with Gasteiger partial charge in [-0.25, -0.2) is 13.1 Å². The molecule has 7 heteroatoms. The standard InChI is InChI=1S/C16H12Cl2N2O2S/c1-23(21,22)14-8-6-13(7-9-14)20-10-15(18)16(19-20)11-2-4-12(17)5-3-11/h2-10H,1H3. The molecule has 0 fully saturated rings. The number of sulfone groups is 1. The van der Waals surface area contributed by atoms with E-state index in [1.54, 1.807) is 47.3 Å². The highest BCUT2D eigenvalue weighted by molar-refractivity contribution is 7.90. The van der Waals surface area contributed by atoms with Crippen LogP contribution in [0.3, 0.4) is 0 Å². The van der Waals surface area contributed by atoms with Crippen molar-refractivity contribution in [2.24, 2.45) is 0 Å². The Kier molecular flexibility index (Phi) is 4.19. The molecule has 118 valence electrons. The van der Waals surface area contributed by atoms with Crippen molar-refractivity contribution in [3.8, 4) is 16.9 Å². The maximum Gasteiger partial charge on any atom is 0.175 e. The van der Waals surface area contributed by atoms with Gasteiger partial charge in [0.2, 0.25) is 0 Å². The third kappa shape index (κ3) is 3.42. The molecule has 0 bridgehead atoms. The number of nitrogens with zero attached hydrogens (tertiary/aromatic N) is 2. The molecule has 2 aromatic carbocycles. The summed E-state index contributed by atoms with van der Waals surface area (Å²) in [6.07, 6.45) is 2.85. The summed E-state index contributed by atoms with van der Waals surface area (Å²) < 4.78 is 24.6. The Balaban J connectivity index is 1.99. The van der Waals surface area contributed by atoms with Gasteiger partial charge in [0.1, 0.15) is 5.69 Å². The van der Waals surface area contributed by atoms with E-state index in [0.717, 1.165) is 11.3 Å². The quantitative estimate of drug-likeness (QED) is 0.696. The number of hydrogen-bond acceptors (Lipinski definition) is 3. The maximum atomic E-state index is 11.5. The molecule has 0 aliphatic rings. The van der Waals surface area contributed by atoms with Crippen LogP contribution in [-0.2, 0) is 9.84 Å². The monoisotopic (exact) mass is 366 g/mol. The largest absolute Gasteiger partial charge is 0.239 e. The normalized spacial score (nSPS) is 11.6. The Bertz CT molecular complexity index is 947. The summed E-state index contributed by atoms with van der Waals surface area (Å²) in [5, 5.41) is 5.60. The molecule has 0 amide bonds. The van der Waals surface area contributed by atoms with Gasteiger partial charge in [0, 0.05) is 16.8 Å². The van der Waals surface area contributed by atoms with E-state index in [1.807, 2.05) is 12.1 Å². The Labute approximate surface area is 144 Å². The molecule has 3 aromatic rings. The van der Waals surface area contributed by atoms with Gasteiger partial charge in [-0.3, -0.25) is 0 Å². The number of halogens is 2. The van der Waals surface area contributed by atoms with Gasteiger partial charge < -0.3 is 0 Å². The van der Waals surface area contributed by atoms with Crippen molar-refractivity contribution in [3.63, 3.8) is 0 Å². The van der Waals surface area contributed by atoms with Crippen molar-refractivity contribution in [1.29, 1.82) is 0 Å². The maximum absolute atomic E-state index is 11.5. The second-order valence-electron chi connectivity index (χ2n) is 5.04. The number of hydrogen-bond donors (Lipinski definition) is 0. The zero-order valence-electron chi connectivity index (χ0n) is 12.1. The Morgan fingerprint density at radius 2 is 1.57 bits per heavy atom. The lowest BCUT2D eigenvalue weighted by atomic mass is 10.2. The van der Waals surface area contributed by atoms with Crippen LogP contribution in [0.15, 0.2) is 59.6 Å². The van der Waals surface area contributed by atoms with Crippen LogP contribution in [0.4, 0.5) is 0 Å². The van der Waals surface area contributed by atoms with E-state index < -0.39 is 9.84 Å². The van der Waals surface area contributed by atoms with E-state index in [0.29, 0.717) is 15.7 Å². The minimum atomic E-state index is -3.22. The molecule has 0 saturated heterocycles. The Morgan fingerprint density at radius 3 is 2.13 bits per heavy atom. The van der Waals surface area contributed by atoms with Gasteiger partial charge in [-0.15, -0.1) is 0 Å². The van der Waals surface area contributed by atoms with Gasteiger partial charge in [0.05, 0.1) is 21.8 Å². The number of benzene rings is 2. The zero-order chi connectivity index (χ0) is 16.6. The van der Waals surface area contributed by atoms with Crippen LogP contribution < -0.4 is 0 Å². The lowest BCUT2D eigenvalue weighted by molar-refractivity contribution is 0.602. The number of rotatable bonds is 3. The lowest BCUT2D eigenvalue weighted by Gasteiger charge is -2.03. The predicted octanol–water partition coefficient (Wildman–Crippen LogP) is 4.25. The van der Waals surface area contributed by atoms with E-state index in [4.69, 9.17) is 23.2 Å². The molecule has 23 heavy (non-hydrogen) atoms. The molecule has 1 aromatic heterocycles. The molecule has 0 saturated carbocycles. The molecule has 4 nitrogen and oxygen atoms in total. The van der Waals surface area contributed by atoms with Gasteiger partial charge in [-0.05, 0) is 36.4 Å². The summed E-state index contributed by atoms with van der Waals surface area (Å²) in [6.45, 7) is 0. The Morgan fingerprint density at radius 1 is 0.957 bits per heavy atom. The summed E-state index contributed by atoms with van der Waals surface area (Å²) in [7, 11) is -3.22. The van der Waals surface area contributed by atoms with Crippen molar-refractivity contribution < 1.29 is 8.42 Å². The summed E-state index contributed by atoms with van der Waals surface area (Å²) in [6, 6.07) is 13.7. The van der Waals surface area contributed by atoms with Crippen LogP contribution in [0, 0.1) is 0 Å². The Hall–Kier alpha value is -1.82. The van der Waals surface area contributed by atoms with Crippen molar-refractivity contribution >= 4 is 33.0 Å². The van der Waals surface area contributed by atoms with E-state index in [9.17, 15) is 8.42 Å². The van der Waals surface area contributed by atoms with Gasteiger partial charge >= 0.3 is 0 Å².